The molecule has 0 unspecified atom stereocenters. The van der Waals surface area contributed by atoms with Gasteiger partial charge in [-0.05, 0) is 37.0 Å². The molecule has 0 aromatic rings. The molecule has 0 spiro atoms. The minimum absolute atomic E-state index is 0.923. The third-order valence-corrected chi connectivity index (χ3v) is 6.11. The SMILES string of the molecule is CC(C)[C@H]1C[C@H](CN2C[C@@H]3C[C@H]2CS3)C1. The van der Waals surface area contributed by atoms with Gasteiger partial charge in [0.1, 0.15) is 0 Å². The second-order valence-corrected chi connectivity index (χ2v) is 7.47. The molecule has 15 heavy (non-hydrogen) atoms. The lowest BCUT2D eigenvalue weighted by molar-refractivity contribution is 0.0928. The quantitative estimate of drug-likeness (QED) is 0.726. The van der Waals surface area contributed by atoms with Crippen molar-refractivity contribution >= 4 is 11.8 Å². The van der Waals surface area contributed by atoms with Crippen LogP contribution in [0.1, 0.15) is 33.1 Å². The number of rotatable bonds is 3. The van der Waals surface area contributed by atoms with Gasteiger partial charge >= 0.3 is 0 Å². The number of fused-ring (bicyclic) bond motifs is 2. The van der Waals surface area contributed by atoms with Crippen LogP contribution in [-0.2, 0) is 0 Å². The molecule has 0 aromatic heterocycles. The highest BCUT2D eigenvalue weighted by Gasteiger charge is 2.41. The van der Waals surface area contributed by atoms with E-state index in [1.165, 1.54) is 38.1 Å². The van der Waals surface area contributed by atoms with Crippen LogP contribution >= 0.6 is 11.8 Å². The van der Waals surface area contributed by atoms with Gasteiger partial charge in [-0.1, -0.05) is 13.8 Å². The van der Waals surface area contributed by atoms with E-state index in [4.69, 9.17) is 0 Å². The average molecular weight is 225 g/mol. The summed E-state index contributed by atoms with van der Waals surface area (Å²) >= 11 is 2.21. The van der Waals surface area contributed by atoms with Crippen molar-refractivity contribution in [2.75, 3.05) is 18.8 Å². The van der Waals surface area contributed by atoms with Crippen LogP contribution in [0.4, 0.5) is 0 Å². The molecule has 0 aromatic carbocycles. The first kappa shape index (κ1) is 10.5. The second-order valence-electron chi connectivity index (χ2n) is 6.14. The zero-order chi connectivity index (χ0) is 10.4. The minimum Gasteiger partial charge on any atom is -0.298 e. The van der Waals surface area contributed by atoms with Crippen molar-refractivity contribution in [3.8, 4) is 0 Å². The van der Waals surface area contributed by atoms with Crippen molar-refractivity contribution in [1.29, 1.82) is 0 Å². The van der Waals surface area contributed by atoms with E-state index < -0.39 is 0 Å². The number of nitrogens with zero attached hydrogens (tertiary/aromatic N) is 1. The molecular formula is C13H23NS. The molecule has 1 nitrogen and oxygen atoms in total. The molecule has 2 bridgehead atoms. The van der Waals surface area contributed by atoms with Crippen LogP contribution < -0.4 is 0 Å². The lowest BCUT2D eigenvalue weighted by atomic mass is 9.69. The summed E-state index contributed by atoms with van der Waals surface area (Å²) in [4.78, 5) is 2.79. The Morgan fingerprint density at radius 2 is 2.07 bits per heavy atom. The maximum absolute atomic E-state index is 2.79. The Labute approximate surface area is 98.0 Å². The molecule has 3 aliphatic rings. The van der Waals surface area contributed by atoms with E-state index in [1.54, 1.807) is 0 Å². The fourth-order valence-electron chi connectivity index (χ4n) is 3.51. The lowest BCUT2D eigenvalue weighted by Crippen LogP contribution is -2.42. The highest BCUT2D eigenvalue weighted by Crippen LogP contribution is 2.42. The topological polar surface area (TPSA) is 3.24 Å². The third kappa shape index (κ3) is 1.95. The van der Waals surface area contributed by atoms with Gasteiger partial charge in [-0.25, -0.2) is 0 Å². The van der Waals surface area contributed by atoms with Crippen LogP contribution in [0.5, 0.6) is 0 Å². The van der Waals surface area contributed by atoms with Crippen molar-refractivity contribution in [3.05, 3.63) is 0 Å². The molecule has 3 rings (SSSR count). The molecular weight excluding hydrogens is 202 g/mol. The summed E-state index contributed by atoms with van der Waals surface area (Å²) in [6.07, 6.45) is 4.52. The predicted octanol–water partition coefficient (Wildman–Crippen LogP) is 2.86. The molecule has 2 heterocycles. The van der Waals surface area contributed by atoms with E-state index in [0.29, 0.717) is 0 Å². The van der Waals surface area contributed by atoms with Crippen molar-refractivity contribution in [1.82, 2.24) is 4.90 Å². The Morgan fingerprint density at radius 1 is 1.27 bits per heavy atom. The summed E-state index contributed by atoms with van der Waals surface area (Å²) in [6, 6.07) is 0.957. The molecule has 0 N–H and O–H groups in total. The Bertz CT molecular complexity index is 235. The minimum atomic E-state index is 0.923. The maximum atomic E-state index is 2.79. The highest BCUT2D eigenvalue weighted by molar-refractivity contribution is 8.00. The van der Waals surface area contributed by atoms with Gasteiger partial charge in [0.05, 0.1) is 0 Å². The van der Waals surface area contributed by atoms with Crippen LogP contribution in [0.25, 0.3) is 0 Å². The zero-order valence-electron chi connectivity index (χ0n) is 9.98. The largest absolute Gasteiger partial charge is 0.298 e. The van der Waals surface area contributed by atoms with Crippen LogP contribution in [-0.4, -0.2) is 35.0 Å². The Balaban J connectivity index is 1.44. The Morgan fingerprint density at radius 3 is 2.60 bits per heavy atom. The first-order valence-corrected chi connectivity index (χ1v) is 7.63. The Hall–Kier alpha value is 0.310. The van der Waals surface area contributed by atoms with Crippen LogP contribution in [0.3, 0.4) is 0 Å². The number of likely N-dealkylation sites (tertiary alicyclic amines) is 1. The molecule has 3 fully saturated rings. The van der Waals surface area contributed by atoms with Gasteiger partial charge in [0, 0.05) is 30.1 Å². The van der Waals surface area contributed by atoms with Gasteiger partial charge in [0.25, 0.3) is 0 Å². The van der Waals surface area contributed by atoms with E-state index in [1.807, 2.05) is 0 Å². The highest BCUT2D eigenvalue weighted by atomic mass is 32.2. The van der Waals surface area contributed by atoms with Crippen molar-refractivity contribution in [2.45, 2.75) is 44.4 Å². The molecule has 2 aliphatic heterocycles. The number of hydrogen-bond acceptors (Lipinski definition) is 2. The molecule has 2 saturated heterocycles. The first-order valence-electron chi connectivity index (χ1n) is 6.58. The van der Waals surface area contributed by atoms with E-state index >= 15 is 0 Å². The van der Waals surface area contributed by atoms with Crippen LogP contribution in [0, 0.1) is 17.8 Å². The van der Waals surface area contributed by atoms with E-state index in [-0.39, 0.29) is 0 Å². The molecule has 1 aliphatic carbocycles. The average Bonchev–Trinajstić information content (AvgIpc) is 2.70. The van der Waals surface area contributed by atoms with Crippen LogP contribution in [0.15, 0.2) is 0 Å². The van der Waals surface area contributed by atoms with Crippen molar-refractivity contribution in [2.24, 2.45) is 17.8 Å². The fraction of sp³-hybridized carbons (Fsp3) is 1.00. The summed E-state index contributed by atoms with van der Waals surface area (Å²) in [7, 11) is 0. The third-order valence-electron chi connectivity index (χ3n) is 4.72. The molecule has 1 saturated carbocycles. The maximum Gasteiger partial charge on any atom is 0.0198 e. The monoisotopic (exact) mass is 225 g/mol. The van der Waals surface area contributed by atoms with Gasteiger partial charge in [0.15, 0.2) is 0 Å². The molecule has 86 valence electrons. The summed E-state index contributed by atoms with van der Waals surface area (Å²) in [6.45, 7) is 7.59. The van der Waals surface area contributed by atoms with Gasteiger partial charge < -0.3 is 0 Å². The summed E-state index contributed by atoms with van der Waals surface area (Å²) in [5.41, 5.74) is 0. The smallest absolute Gasteiger partial charge is 0.0198 e. The standard InChI is InChI=1S/C13H23NS/c1-9(2)11-3-10(4-11)6-14-7-13-5-12(14)8-15-13/h9-13H,3-8H2,1-2H3/t10-,11-,12-,13-/m0/s1. The zero-order valence-corrected chi connectivity index (χ0v) is 10.8. The van der Waals surface area contributed by atoms with Crippen molar-refractivity contribution < 1.29 is 0 Å². The van der Waals surface area contributed by atoms with E-state index in [9.17, 15) is 0 Å². The lowest BCUT2D eigenvalue weighted by Gasteiger charge is -2.41. The summed E-state index contributed by atoms with van der Waals surface area (Å²) in [5, 5.41) is 0.996. The van der Waals surface area contributed by atoms with E-state index in [0.717, 1.165) is 29.0 Å². The summed E-state index contributed by atoms with van der Waals surface area (Å²) < 4.78 is 0. The summed E-state index contributed by atoms with van der Waals surface area (Å²) in [5.74, 6) is 4.43. The van der Waals surface area contributed by atoms with Gasteiger partial charge in [-0.2, -0.15) is 11.8 Å². The Kier molecular flexibility index (Phi) is 2.76. The second kappa shape index (κ2) is 3.96. The molecule has 0 amide bonds. The van der Waals surface area contributed by atoms with Gasteiger partial charge in [0.2, 0.25) is 0 Å². The van der Waals surface area contributed by atoms with Crippen LogP contribution in [0.2, 0.25) is 0 Å². The molecule has 2 atom stereocenters. The number of thioether (sulfide) groups is 1. The molecule has 2 heteroatoms. The number of hydrogen-bond donors (Lipinski definition) is 0. The fourth-order valence-corrected chi connectivity index (χ4v) is 5.01. The molecule has 0 radical (unpaired) electrons. The van der Waals surface area contributed by atoms with E-state index in [2.05, 4.69) is 30.5 Å². The normalized spacial score (nSPS) is 45.0. The van der Waals surface area contributed by atoms with Gasteiger partial charge in [-0.3, -0.25) is 4.90 Å². The van der Waals surface area contributed by atoms with Crippen molar-refractivity contribution in [3.63, 3.8) is 0 Å². The van der Waals surface area contributed by atoms with Gasteiger partial charge in [-0.15, -0.1) is 0 Å². The predicted molar refractivity (Wildman–Crippen MR) is 67.3 cm³/mol. The first-order chi connectivity index (χ1) is 7.22.